The molecular formula is C12H21NO. The molecular weight excluding hydrogens is 174 g/mol. The molecule has 14 heavy (non-hydrogen) atoms. The maximum Gasteiger partial charge on any atom is 0.155 e. The van der Waals surface area contributed by atoms with Gasteiger partial charge in [0, 0.05) is 12.0 Å². The van der Waals surface area contributed by atoms with Crippen LogP contribution >= 0.6 is 0 Å². The van der Waals surface area contributed by atoms with Crippen molar-refractivity contribution in [2.45, 2.75) is 39.7 Å². The number of carbonyl (C=O) groups is 1. The van der Waals surface area contributed by atoms with Gasteiger partial charge in [0.25, 0.3) is 0 Å². The smallest absolute Gasteiger partial charge is 0.155 e. The van der Waals surface area contributed by atoms with Crippen LogP contribution in [0.25, 0.3) is 0 Å². The predicted octanol–water partition coefficient (Wildman–Crippen LogP) is 2.25. The van der Waals surface area contributed by atoms with Gasteiger partial charge in [0.2, 0.25) is 0 Å². The van der Waals surface area contributed by atoms with E-state index in [1.165, 1.54) is 0 Å². The number of carbonyl (C=O) groups excluding carboxylic acids is 1. The lowest BCUT2D eigenvalue weighted by Crippen LogP contribution is -2.41. The van der Waals surface area contributed by atoms with E-state index in [4.69, 9.17) is 0 Å². The Labute approximate surface area is 87.0 Å². The second kappa shape index (κ2) is 4.26. The van der Waals surface area contributed by atoms with Crippen molar-refractivity contribution in [3.8, 4) is 0 Å². The first-order valence-electron chi connectivity index (χ1n) is 5.36. The van der Waals surface area contributed by atoms with Crippen LogP contribution in [0.5, 0.6) is 0 Å². The molecule has 0 amide bonds. The van der Waals surface area contributed by atoms with E-state index in [0.717, 1.165) is 25.9 Å². The van der Waals surface area contributed by atoms with Crippen molar-refractivity contribution in [2.75, 3.05) is 13.1 Å². The molecule has 0 aliphatic carbocycles. The Bertz CT molecular complexity index is 227. The molecule has 0 spiro atoms. The number of hydrogen-bond donors (Lipinski definition) is 0. The molecule has 1 aliphatic heterocycles. The minimum Gasteiger partial charge on any atom is -0.297 e. The Morgan fingerprint density at radius 2 is 2.21 bits per heavy atom. The summed E-state index contributed by atoms with van der Waals surface area (Å²) in [5, 5.41) is 0. The monoisotopic (exact) mass is 195 g/mol. The molecule has 80 valence electrons. The Hall–Kier alpha value is -0.630. The van der Waals surface area contributed by atoms with Crippen LogP contribution in [0.3, 0.4) is 0 Å². The van der Waals surface area contributed by atoms with E-state index in [0.29, 0.717) is 5.78 Å². The van der Waals surface area contributed by atoms with Gasteiger partial charge in [-0.05, 0) is 19.4 Å². The van der Waals surface area contributed by atoms with Crippen molar-refractivity contribution in [1.29, 1.82) is 0 Å². The standard InChI is InChI=1S/C12H21NO/c1-5-8-13-9-6-7-10(13)11(14)12(2,3)4/h5,10H,1,6-9H2,2-4H3/t10-/m1/s1. The van der Waals surface area contributed by atoms with Crippen molar-refractivity contribution >= 4 is 5.78 Å². The molecule has 0 aromatic rings. The molecule has 0 bridgehead atoms. The molecule has 1 heterocycles. The maximum absolute atomic E-state index is 12.1. The third-order valence-corrected chi connectivity index (χ3v) is 2.77. The summed E-state index contributed by atoms with van der Waals surface area (Å²) < 4.78 is 0. The minimum atomic E-state index is -0.214. The molecule has 0 unspecified atom stereocenters. The highest BCUT2D eigenvalue weighted by Crippen LogP contribution is 2.26. The number of rotatable bonds is 3. The maximum atomic E-state index is 12.1. The molecule has 0 aromatic heterocycles. The van der Waals surface area contributed by atoms with Gasteiger partial charge in [0.05, 0.1) is 6.04 Å². The van der Waals surface area contributed by atoms with E-state index in [-0.39, 0.29) is 11.5 Å². The molecule has 0 N–H and O–H groups in total. The Balaban J connectivity index is 2.67. The third-order valence-electron chi connectivity index (χ3n) is 2.77. The lowest BCUT2D eigenvalue weighted by Gasteiger charge is -2.28. The van der Waals surface area contributed by atoms with Crippen LogP contribution in [0.4, 0.5) is 0 Å². The van der Waals surface area contributed by atoms with Gasteiger partial charge < -0.3 is 0 Å². The average Bonchev–Trinajstić information content (AvgIpc) is 2.50. The Morgan fingerprint density at radius 3 is 2.71 bits per heavy atom. The predicted molar refractivity (Wildman–Crippen MR) is 59.3 cm³/mol. The molecule has 2 nitrogen and oxygen atoms in total. The summed E-state index contributed by atoms with van der Waals surface area (Å²) >= 11 is 0. The SMILES string of the molecule is C=CCN1CCC[C@@H]1C(=O)C(C)(C)C. The molecule has 1 saturated heterocycles. The van der Waals surface area contributed by atoms with E-state index in [1.807, 2.05) is 26.8 Å². The fraction of sp³-hybridized carbons (Fsp3) is 0.750. The van der Waals surface area contributed by atoms with Crippen LogP contribution in [0.2, 0.25) is 0 Å². The van der Waals surface area contributed by atoms with Gasteiger partial charge in [-0.2, -0.15) is 0 Å². The van der Waals surface area contributed by atoms with Gasteiger partial charge in [-0.15, -0.1) is 6.58 Å². The van der Waals surface area contributed by atoms with E-state index in [2.05, 4.69) is 11.5 Å². The zero-order valence-corrected chi connectivity index (χ0v) is 9.55. The average molecular weight is 195 g/mol. The number of nitrogens with zero attached hydrogens (tertiary/aromatic N) is 1. The number of likely N-dealkylation sites (tertiary alicyclic amines) is 1. The number of hydrogen-bond acceptors (Lipinski definition) is 2. The number of ketones is 1. The highest BCUT2D eigenvalue weighted by Gasteiger charge is 2.35. The quantitative estimate of drug-likeness (QED) is 0.644. The highest BCUT2D eigenvalue weighted by molar-refractivity contribution is 5.88. The van der Waals surface area contributed by atoms with Crippen LogP contribution in [0.15, 0.2) is 12.7 Å². The molecule has 1 aliphatic rings. The number of Topliss-reactive ketones (excluding diaryl/α,β-unsaturated/α-hetero) is 1. The molecule has 0 radical (unpaired) electrons. The van der Waals surface area contributed by atoms with Crippen LogP contribution < -0.4 is 0 Å². The highest BCUT2D eigenvalue weighted by atomic mass is 16.1. The first kappa shape index (κ1) is 11.4. The van der Waals surface area contributed by atoms with Crippen LogP contribution in [-0.4, -0.2) is 29.8 Å². The minimum absolute atomic E-state index is 0.132. The van der Waals surface area contributed by atoms with Gasteiger partial charge in [-0.3, -0.25) is 9.69 Å². The summed E-state index contributed by atoms with van der Waals surface area (Å²) in [5.41, 5.74) is -0.214. The van der Waals surface area contributed by atoms with Crippen LogP contribution in [0, 0.1) is 5.41 Å². The topological polar surface area (TPSA) is 20.3 Å². The van der Waals surface area contributed by atoms with E-state index in [1.54, 1.807) is 0 Å². The van der Waals surface area contributed by atoms with Gasteiger partial charge in [-0.1, -0.05) is 26.8 Å². The van der Waals surface area contributed by atoms with Crippen LogP contribution in [0.1, 0.15) is 33.6 Å². The molecule has 1 fully saturated rings. The van der Waals surface area contributed by atoms with Crippen molar-refractivity contribution < 1.29 is 4.79 Å². The Kier molecular flexibility index (Phi) is 3.48. The van der Waals surface area contributed by atoms with Crippen LogP contribution in [-0.2, 0) is 4.79 Å². The summed E-state index contributed by atoms with van der Waals surface area (Å²) in [6.07, 6.45) is 4.04. The van der Waals surface area contributed by atoms with Gasteiger partial charge in [-0.25, -0.2) is 0 Å². The summed E-state index contributed by atoms with van der Waals surface area (Å²) in [4.78, 5) is 14.3. The lowest BCUT2D eigenvalue weighted by atomic mass is 9.85. The summed E-state index contributed by atoms with van der Waals surface area (Å²) in [6, 6.07) is 0.132. The largest absolute Gasteiger partial charge is 0.297 e. The fourth-order valence-electron chi connectivity index (χ4n) is 2.01. The Morgan fingerprint density at radius 1 is 1.57 bits per heavy atom. The third kappa shape index (κ3) is 2.44. The zero-order valence-electron chi connectivity index (χ0n) is 9.55. The summed E-state index contributed by atoms with van der Waals surface area (Å²) in [7, 11) is 0. The first-order valence-corrected chi connectivity index (χ1v) is 5.36. The van der Waals surface area contributed by atoms with E-state index < -0.39 is 0 Å². The van der Waals surface area contributed by atoms with Crippen molar-refractivity contribution in [3.63, 3.8) is 0 Å². The molecule has 2 heteroatoms. The van der Waals surface area contributed by atoms with Gasteiger partial charge in [0.15, 0.2) is 5.78 Å². The van der Waals surface area contributed by atoms with E-state index >= 15 is 0 Å². The molecule has 0 saturated carbocycles. The van der Waals surface area contributed by atoms with Crippen molar-refractivity contribution in [1.82, 2.24) is 4.90 Å². The van der Waals surface area contributed by atoms with Gasteiger partial charge >= 0.3 is 0 Å². The normalized spacial score (nSPS) is 23.8. The zero-order chi connectivity index (χ0) is 10.8. The lowest BCUT2D eigenvalue weighted by molar-refractivity contribution is -0.130. The van der Waals surface area contributed by atoms with Crippen molar-refractivity contribution in [2.24, 2.45) is 5.41 Å². The molecule has 1 atom stereocenters. The first-order chi connectivity index (χ1) is 6.46. The fourth-order valence-corrected chi connectivity index (χ4v) is 2.01. The molecule has 0 aromatic carbocycles. The van der Waals surface area contributed by atoms with Gasteiger partial charge in [0.1, 0.15) is 0 Å². The second-order valence-corrected chi connectivity index (χ2v) is 5.06. The van der Waals surface area contributed by atoms with Crippen molar-refractivity contribution in [3.05, 3.63) is 12.7 Å². The summed E-state index contributed by atoms with van der Waals surface area (Å²) in [6.45, 7) is 11.6. The summed E-state index contributed by atoms with van der Waals surface area (Å²) in [5.74, 6) is 0.372. The molecule has 1 rings (SSSR count). The van der Waals surface area contributed by atoms with E-state index in [9.17, 15) is 4.79 Å². The second-order valence-electron chi connectivity index (χ2n) is 5.06.